The first-order chi connectivity index (χ1) is 14.6. The lowest BCUT2D eigenvalue weighted by Gasteiger charge is -2.24. The Morgan fingerprint density at radius 1 is 1.00 bits per heavy atom. The molecule has 0 aliphatic rings. The monoisotopic (exact) mass is 448 g/mol. The number of benzene rings is 2. The molecule has 0 unspecified atom stereocenters. The van der Waals surface area contributed by atoms with Crippen molar-refractivity contribution in [2.75, 3.05) is 31.3 Å². The molecule has 2 aromatic rings. The van der Waals surface area contributed by atoms with Gasteiger partial charge in [0.2, 0.25) is 15.9 Å². The standard InChI is InChI=1S/C23H32N2O5S/c1-7-20(18-10-13-21(29-4)22(14-18)30-5)24-23(26)15-25(31(6,27)28)19-11-8-17(9-12-19)16(2)3/h8-14,16,20H,7,15H2,1-6H3,(H,24,26)/t20-/m1/s1. The van der Waals surface area contributed by atoms with E-state index >= 15 is 0 Å². The van der Waals surface area contributed by atoms with Crippen LogP contribution in [-0.2, 0) is 14.8 Å². The molecule has 1 N–H and O–H groups in total. The Hall–Kier alpha value is -2.74. The zero-order valence-corrected chi connectivity index (χ0v) is 19.8. The molecule has 1 amide bonds. The number of nitrogens with one attached hydrogen (secondary N) is 1. The molecule has 1 atom stereocenters. The highest BCUT2D eigenvalue weighted by Gasteiger charge is 2.23. The molecule has 170 valence electrons. The molecule has 0 aliphatic carbocycles. The average molecular weight is 449 g/mol. The summed E-state index contributed by atoms with van der Waals surface area (Å²) < 4.78 is 36.5. The van der Waals surface area contributed by atoms with Crippen molar-refractivity contribution >= 4 is 21.6 Å². The van der Waals surface area contributed by atoms with Gasteiger partial charge in [-0.25, -0.2) is 8.42 Å². The van der Waals surface area contributed by atoms with Crippen LogP contribution in [0.4, 0.5) is 5.69 Å². The second-order valence-electron chi connectivity index (χ2n) is 7.66. The molecule has 0 saturated carbocycles. The summed E-state index contributed by atoms with van der Waals surface area (Å²) in [6.45, 7) is 5.77. The number of hydrogen-bond acceptors (Lipinski definition) is 5. The predicted molar refractivity (Wildman–Crippen MR) is 123 cm³/mol. The molecule has 0 heterocycles. The largest absolute Gasteiger partial charge is 0.493 e. The number of nitrogens with zero attached hydrogens (tertiary/aromatic N) is 1. The summed E-state index contributed by atoms with van der Waals surface area (Å²) in [4.78, 5) is 12.8. The Bertz CT molecular complexity index is 988. The molecular weight excluding hydrogens is 416 g/mol. The topological polar surface area (TPSA) is 84.9 Å². The van der Waals surface area contributed by atoms with Crippen LogP contribution in [0.25, 0.3) is 0 Å². The molecule has 2 rings (SSSR count). The quantitative estimate of drug-likeness (QED) is 0.597. The van der Waals surface area contributed by atoms with Gasteiger partial charge in [-0.05, 0) is 47.7 Å². The molecule has 31 heavy (non-hydrogen) atoms. The van der Waals surface area contributed by atoms with E-state index < -0.39 is 10.0 Å². The second kappa shape index (κ2) is 10.5. The number of ether oxygens (including phenoxy) is 2. The Morgan fingerprint density at radius 2 is 1.58 bits per heavy atom. The Kier molecular flexibility index (Phi) is 8.33. The normalized spacial score (nSPS) is 12.4. The van der Waals surface area contributed by atoms with Crippen molar-refractivity contribution < 1.29 is 22.7 Å². The molecule has 0 aromatic heterocycles. The highest BCUT2D eigenvalue weighted by atomic mass is 32.2. The van der Waals surface area contributed by atoms with E-state index in [4.69, 9.17) is 9.47 Å². The van der Waals surface area contributed by atoms with Gasteiger partial charge >= 0.3 is 0 Å². The number of sulfonamides is 1. The minimum absolute atomic E-state index is 0.294. The van der Waals surface area contributed by atoms with E-state index in [1.165, 1.54) is 0 Å². The number of hydrogen-bond donors (Lipinski definition) is 1. The van der Waals surface area contributed by atoms with E-state index in [0.717, 1.165) is 21.7 Å². The van der Waals surface area contributed by atoms with E-state index in [2.05, 4.69) is 19.2 Å². The fraction of sp³-hybridized carbons (Fsp3) is 0.435. The lowest BCUT2D eigenvalue weighted by molar-refractivity contribution is -0.120. The van der Waals surface area contributed by atoms with Gasteiger partial charge in [0.1, 0.15) is 6.54 Å². The molecular formula is C23H32N2O5S. The fourth-order valence-electron chi connectivity index (χ4n) is 3.29. The van der Waals surface area contributed by atoms with Gasteiger partial charge in [-0.3, -0.25) is 9.10 Å². The lowest BCUT2D eigenvalue weighted by atomic mass is 10.0. The van der Waals surface area contributed by atoms with Crippen molar-refractivity contribution in [3.8, 4) is 11.5 Å². The third-order valence-electron chi connectivity index (χ3n) is 5.09. The number of carbonyl (C=O) groups excluding carboxylic acids is 1. The molecule has 0 bridgehead atoms. The SMILES string of the molecule is CC[C@@H](NC(=O)CN(c1ccc(C(C)C)cc1)S(C)(=O)=O)c1ccc(OC)c(OC)c1. The number of anilines is 1. The van der Waals surface area contributed by atoms with Crippen LogP contribution in [0.3, 0.4) is 0 Å². The third kappa shape index (κ3) is 6.37. The van der Waals surface area contributed by atoms with Crippen LogP contribution >= 0.6 is 0 Å². The van der Waals surface area contributed by atoms with Gasteiger partial charge in [-0.2, -0.15) is 0 Å². The second-order valence-corrected chi connectivity index (χ2v) is 9.57. The van der Waals surface area contributed by atoms with Crippen molar-refractivity contribution in [3.05, 3.63) is 53.6 Å². The summed E-state index contributed by atoms with van der Waals surface area (Å²) in [6, 6.07) is 12.4. The van der Waals surface area contributed by atoms with Crippen LogP contribution in [0.5, 0.6) is 11.5 Å². The van der Waals surface area contributed by atoms with Gasteiger partial charge in [-0.15, -0.1) is 0 Å². The minimum Gasteiger partial charge on any atom is -0.493 e. The Morgan fingerprint density at radius 3 is 2.06 bits per heavy atom. The van der Waals surface area contributed by atoms with Crippen LogP contribution in [0.1, 0.15) is 50.3 Å². The fourth-order valence-corrected chi connectivity index (χ4v) is 4.14. The first-order valence-corrected chi connectivity index (χ1v) is 12.0. The number of rotatable bonds is 10. The van der Waals surface area contributed by atoms with Crippen molar-refractivity contribution in [2.24, 2.45) is 0 Å². The molecule has 2 aromatic carbocycles. The van der Waals surface area contributed by atoms with Gasteiger partial charge < -0.3 is 14.8 Å². The van der Waals surface area contributed by atoms with E-state index in [9.17, 15) is 13.2 Å². The van der Waals surface area contributed by atoms with E-state index in [1.807, 2.05) is 31.2 Å². The van der Waals surface area contributed by atoms with Gasteiger partial charge in [0, 0.05) is 0 Å². The highest BCUT2D eigenvalue weighted by Crippen LogP contribution is 2.31. The molecule has 0 saturated heterocycles. The molecule has 0 spiro atoms. The summed E-state index contributed by atoms with van der Waals surface area (Å²) in [6.07, 6.45) is 1.73. The van der Waals surface area contributed by atoms with Crippen molar-refractivity contribution in [2.45, 2.75) is 39.2 Å². The lowest BCUT2D eigenvalue weighted by Crippen LogP contribution is -2.41. The summed E-state index contributed by atoms with van der Waals surface area (Å²) in [5, 5.41) is 2.93. The van der Waals surface area contributed by atoms with Gasteiger partial charge in [0.25, 0.3) is 0 Å². The maximum atomic E-state index is 12.8. The summed E-state index contributed by atoms with van der Waals surface area (Å²) in [5.41, 5.74) is 2.41. The number of carbonyl (C=O) groups is 1. The van der Waals surface area contributed by atoms with E-state index in [0.29, 0.717) is 29.5 Å². The molecule has 0 aliphatic heterocycles. The van der Waals surface area contributed by atoms with Crippen LogP contribution in [0.15, 0.2) is 42.5 Å². The molecule has 0 radical (unpaired) electrons. The smallest absolute Gasteiger partial charge is 0.241 e. The number of methoxy groups -OCH3 is 2. The van der Waals surface area contributed by atoms with Crippen LogP contribution in [-0.4, -0.2) is 41.3 Å². The zero-order chi connectivity index (χ0) is 23.2. The number of amides is 1. The van der Waals surface area contributed by atoms with E-state index in [-0.39, 0.29) is 18.5 Å². The van der Waals surface area contributed by atoms with Gasteiger partial charge in [0.05, 0.1) is 32.2 Å². The molecule has 7 nitrogen and oxygen atoms in total. The van der Waals surface area contributed by atoms with Crippen molar-refractivity contribution in [1.29, 1.82) is 0 Å². The molecule has 0 fully saturated rings. The average Bonchev–Trinajstić information content (AvgIpc) is 2.74. The first-order valence-electron chi connectivity index (χ1n) is 10.2. The Labute approximate surface area is 185 Å². The maximum Gasteiger partial charge on any atom is 0.241 e. The van der Waals surface area contributed by atoms with Crippen LogP contribution in [0.2, 0.25) is 0 Å². The zero-order valence-electron chi connectivity index (χ0n) is 19.0. The molecule has 8 heteroatoms. The minimum atomic E-state index is -3.64. The van der Waals surface area contributed by atoms with Crippen LogP contribution in [0, 0.1) is 0 Å². The highest BCUT2D eigenvalue weighted by molar-refractivity contribution is 7.92. The van der Waals surface area contributed by atoms with Gasteiger partial charge in [-0.1, -0.05) is 39.0 Å². The van der Waals surface area contributed by atoms with Crippen molar-refractivity contribution in [3.63, 3.8) is 0 Å². The van der Waals surface area contributed by atoms with Crippen LogP contribution < -0.4 is 19.1 Å². The maximum absolute atomic E-state index is 12.8. The summed E-state index contributed by atoms with van der Waals surface area (Å²) in [5.74, 6) is 1.10. The van der Waals surface area contributed by atoms with Gasteiger partial charge in [0.15, 0.2) is 11.5 Å². The Balaban J connectivity index is 2.21. The predicted octanol–water partition coefficient (Wildman–Crippen LogP) is 3.86. The third-order valence-corrected chi connectivity index (χ3v) is 6.23. The first kappa shape index (κ1) is 24.5. The summed E-state index contributed by atoms with van der Waals surface area (Å²) in [7, 11) is -0.526. The van der Waals surface area contributed by atoms with Crippen molar-refractivity contribution in [1.82, 2.24) is 5.32 Å². The van der Waals surface area contributed by atoms with E-state index in [1.54, 1.807) is 32.4 Å². The summed E-state index contributed by atoms with van der Waals surface area (Å²) >= 11 is 0.